The van der Waals surface area contributed by atoms with Gasteiger partial charge >= 0.3 is 5.97 Å². The normalized spacial score (nSPS) is 14.7. The van der Waals surface area contributed by atoms with Gasteiger partial charge in [0.25, 0.3) is 17.5 Å². The molecule has 1 atom stereocenters. The van der Waals surface area contributed by atoms with Gasteiger partial charge in [-0.1, -0.05) is 0 Å². The summed E-state index contributed by atoms with van der Waals surface area (Å²) < 4.78 is 15.3. The molecule has 184 valence electrons. The number of ether oxygens (including phenoxy) is 3. The fraction of sp³-hybridized carbons (Fsp3) is 0.273. The van der Waals surface area contributed by atoms with Crippen LogP contribution in [0.15, 0.2) is 42.5 Å². The molecule has 0 spiro atoms. The van der Waals surface area contributed by atoms with E-state index in [1.165, 1.54) is 26.4 Å². The Morgan fingerprint density at radius 1 is 1.11 bits per heavy atom. The molecule has 1 aliphatic rings. The number of nitrogens with one attached hydrogen (secondary N) is 2. The van der Waals surface area contributed by atoms with Crippen LogP contribution in [0.2, 0.25) is 0 Å². The molecule has 13 heteroatoms. The quantitative estimate of drug-likeness (QED) is 0.301. The van der Waals surface area contributed by atoms with Crippen molar-refractivity contribution in [1.82, 2.24) is 10.4 Å². The third-order valence-corrected chi connectivity index (χ3v) is 5.06. The first-order chi connectivity index (χ1) is 16.7. The Bertz CT molecular complexity index is 1150. The minimum atomic E-state index is -0.886. The van der Waals surface area contributed by atoms with E-state index in [1.54, 1.807) is 18.2 Å². The van der Waals surface area contributed by atoms with Gasteiger partial charge in [0.2, 0.25) is 5.91 Å². The van der Waals surface area contributed by atoms with E-state index in [1.807, 2.05) is 0 Å². The van der Waals surface area contributed by atoms with Crippen LogP contribution in [0.25, 0.3) is 0 Å². The maximum atomic E-state index is 12.4. The van der Waals surface area contributed by atoms with Crippen LogP contribution in [0.4, 0.5) is 11.4 Å². The topological polar surface area (TPSA) is 166 Å². The molecule has 0 aliphatic carbocycles. The summed E-state index contributed by atoms with van der Waals surface area (Å²) in [7, 11) is 2.91. The highest BCUT2D eigenvalue weighted by atomic mass is 16.6. The molecule has 0 saturated carbocycles. The zero-order valence-corrected chi connectivity index (χ0v) is 18.8. The van der Waals surface area contributed by atoms with Crippen LogP contribution < -0.4 is 20.2 Å². The summed E-state index contributed by atoms with van der Waals surface area (Å²) in [4.78, 5) is 59.2. The van der Waals surface area contributed by atoms with Gasteiger partial charge in [0.15, 0.2) is 6.61 Å². The lowest BCUT2D eigenvalue weighted by atomic mass is 10.1. The molecule has 0 unspecified atom stereocenters. The van der Waals surface area contributed by atoms with Gasteiger partial charge in [-0.05, 0) is 24.3 Å². The minimum Gasteiger partial charge on any atom is -0.497 e. The van der Waals surface area contributed by atoms with Crippen LogP contribution in [-0.2, 0) is 19.1 Å². The number of amides is 3. The second kappa shape index (κ2) is 11.0. The van der Waals surface area contributed by atoms with E-state index in [0.29, 0.717) is 17.2 Å². The number of hydrogen-bond donors (Lipinski definition) is 2. The summed E-state index contributed by atoms with van der Waals surface area (Å²) in [5.41, 5.74) is 2.63. The van der Waals surface area contributed by atoms with Crippen molar-refractivity contribution in [3.8, 4) is 11.5 Å². The first-order valence-electron chi connectivity index (χ1n) is 10.3. The van der Waals surface area contributed by atoms with Crippen LogP contribution in [-0.4, -0.2) is 61.0 Å². The van der Waals surface area contributed by atoms with Gasteiger partial charge in [0.05, 0.1) is 37.3 Å². The molecule has 13 nitrogen and oxygen atoms in total. The number of methoxy groups -OCH3 is 2. The lowest BCUT2D eigenvalue weighted by molar-refractivity contribution is -0.384. The maximum Gasteiger partial charge on any atom is 0.311 e. The lowest BCUT2D eigenvalue weighted by Gasteiger charge is -2.17. The Morgan fingerprint density at radius 2 is 1.83 bits per heavy atom. The Hall–Kier alpha value is -4.68. The van der Waals surface area contributed by atoms with E-state index in [9.17, 15) is 29.3 Å². The summed E-state index contributed by atoms with van der Waals surface area (Å²) in [6, 6.07) is 9.57. The Kier molecular flexibility index (Phi) is 7.81. The predicted octanol–water partition coefficient (Wildman–Crippen LogP) is 1.29. The van der Waals surface area contributed by atoms with Gasteiger partial charge in [-0.3, -0.25) is 39.7 Å². The maximum absolute atomic E-state index is 12.4. The second-order valence-electron chi connectivity index (χ2n) is 7.37. The molecular formula is C22H22N4O9. The molecule has 35 heavy (non-hydrogen) atoms. The van der Waals surface area contributed by atoms with Gasteiger partial charge in [0.1, 0.15) is 11.5 Å². The number of carbonyl (C=O) groups excluding carboxylic acids is 4. The van der Waals surface area contributed by atoms with E-state index in [-0.39, 0.29) is 24.2 Å². The molecule has 0 radical (unpaired) electrons. The summed E-state index contributed by atoms with van der Waals surface area (Å²) in [6.45, 7) is -0.738. The monoisotopic (exact) mass is 486 g/mol. The van der Waals surface area contributed by atoms with Gasteiger partial charge in [-0.2, -0.15) is 0 Å². The molecule has 1 aliphatic heterocycles. The highest BCUT2D eigenvalue weighted by Crippen LogP contribution is 2.29. The number of non-ortho nitro benzene ring substituents is 1. The molecule has 1 heterocycles. The van der Waals surface area contributed by atoms with E-state index < -0.39 is 41.1 Å². The van der Waals surface area contributed by atoms with Crippen molar-refractivity contribution >= 4 is 35.1 Å². The van der Waals surface area contributed by atoms with Crippen molar-refractivity contribution in [3.05, 3.63) is 58.1 Å². The summed E-state index contributed by atoms with van der Waals surface area (Å²) in [5, 5.41) is 14.2. The standard InChI is InChI=1S/C22H22N4O9/c1-33-16-7-8-17(18(10-16)34-2)23-19(27)12-35-22(30)14-9-20(28)25(11-14)24-21(29)13-3-5-15(6-4-13)26(31)32/h3-8,10,14H,9,11-12H2,1-2H3,(H,23,27)(H,24,29)/t14-/m0/s1. The highest BCUT2D eigenvalue weighted by Gasteiger charge is 2.36. The fourth-order valence-electron chi connectivity index (χ4n) is 3.24. The van der Waals surface area contributed by atoms with Crippen molar-refractivity contribution in [2.75, 3.05) is 32.7 Å². The number of esters is 1. The minimum absolute atomic E-state index is 0.0973. The van der Waals surface area contributed by atoms with E-state index in [2.05, 4.69) is 10.7 Å². The van der Waals surface area contributed by atoms with E-state index >= 15 is 0 Å². The molecule has 3 rings (SSSR count). The molecule has 1 saturated heterocycles. The van der Waals surface area contributed by atoms with Crippen LogP contribution >= 0.6 is 0 Å². The number of nitrogens with zero attached hydrogens (tertiary/aromatic N) is 2. The number of rotatable bonds is 9. The van der Waals surface area contributed by atoms with Gasteiger partial charge in [-0.15, -0.1) is 0 Å². The highest BCUT2D eigenvalue weighted by molar-refractivity contribution is 5.97. The van der Waals surface area contributed by atoms with Crippen molar-refractivity contribution < 1.29 is 38.3 Å². The zero-order valence-electron chi connectivity index (χ0n) is 18.8. The smallest absolute Gasteiger partial charge is 0.311 e. The van der Waals surface area contributed by atoms with Crippen molar-refractivity contribution in [1.29, 1.82) is 0 Å². The number of nitro groups is 1. The lowest BCUT2D eigenvalue weighted by Crippen LogP contribution is -2.43. The number of anilines is 1. The van der Waals surface area contributed by atoms with Crippen LogP contribution in [0.1, 0.15) is 16.8 Å². The van der Waals surface area contributed by atoms with E-state index in [0.717, 1.165) is 17.1 Å². The molecular weight excluding hydrogens is 464 g/mol. The Morgan fingerprint density at radius 3 is 2.46 bits per heavy atom. The van der Waals surface area contributed by atoms with Crippen molar-refractivity contribution in [3.63, 3.8) is 0 Å². The zero-order chi connectivity index (χ0) is 25.5. The van der Waals surface area contributed by atoms with Crippen LogP contribution in [0.5, 0.6) is 11.5 Å². The molecule has 1 fully saturated rings. The largest absolute Gasteiger partial charge is 0.497 e. The number of carbonyl (C=O) groups is 4. The molecule has 3 amide bonds. The fourth-order valence-corrected chi connectivity index (χ4v) is 3.24. The second-order valence-corrected chi connectivity index (χ2v) is 7.37. The number of hydrazine groups is 1. The Balaban J connectivity index is 1.50. The van der Waals surface area contributed by atoms with Crippen molar-refractivity contribution in [2.24, 2.45) is 5.92 Å². The van der Waals surface area contributed by atoms with Crippen LogP contribution in [0, 0.1) is 16.0 Å². The van der Waals surface area contributed by atoms with E-state index in [4.69, 9.17) is 14.2 Å². The molecule has 0 aromatic heterocycles. The van der Waals surface area contributed by atoms with Crippen LogP contribution in [0.3, 0.4) is 0 Å². The first-order valence-corrected chi connectivity index (χ1v) is 10.3. The van der Waals surface area contributed by atoms with Crippen molar-refractivity contribution in [2.45, 2.75) is 6.42 Å². The van der Waals surface area contributed by atoms with Gasteiger partial charge in [-0.25, -0.2) is 0 Å². The molecule has 2 aromatic rings. The summed E-state index contributed by atoms with van der Waals surface area (Å²) >= 11 is 0. The number of hydrogen-bond acceptors (Lipinski definition) is 9. The number of nitro benzene ring substituents is 1. The molecule has 2 aromatic carbocycles. The third kappa shape index (κ3) is 6.22. The first kappa shape index (κ1) is 25.0. The predicted molar refractivity (Wildman–Crippen MR) is 120 cm³/mol. The summed E-state index contributed by atoms with van der Waals surface area (Å²) in [5.74, 6) is -2.59. The molecule has 0 bridgehead atoms. The summed E-state index contributed by atoms with van der Waals surface area (Å²) in [6.07, 6.45) is -0.215. The average molecular weight is 486 g/mol. The number of benzene rings is 2. The Labute approximate surface area is 199 Å². The SMILES string of the molecule is COc1ccc(NC(=O)COC(=O)[C@H]2CC(=O)N(NC(=O)c3ccc([N+](=O)[O-])cc3)C2)c(OC)c1. The molecule has 2 N–H and O–H groups in total. The third-order valence-electron chi connectivity index (χ3n) is 5.06. The van der Waals surface area contributed by atoms with Gasteiger partial charge < -0.3 is 19.5 Å². The van der Waals surface area contributed by atoms with Gasteiger partial charge in [0, 0.05) is 30.2 Å². The average Bonchev–Trinajstić information content (AvgIpc) is 3.22.